The van der Waals surface area contributed by atoms with Gasteiger partial charge in [-0.3, -0.25) is 9.59 Å². The van der Waals surface area contributed by atoms with Gasteiger partial charge in [0.2, 0.25) is 11.8 Å². The Morgan fingerprint density at radius 3 is 1.03 bits per heavy atom. The van der Waals surface area contributed by atoms with Gasteiger partial charge in [-0.25, -0.2) is 9.59 Å². The molecule has 7 rings (SSSR count). The molecule has 1 aliphatic rings. The first-order valence-electron chi connectivity index (χ1n) is 27.3. The van der Waals surface area contributed by atoms with Gasteiger partial charge in [0.05, 0.1) is 38.3 Å². The zero-order valence-corrected chi connectivity index (χ0v) is 44.5. The first-order valence-corrected chi connectivity index (χ1v) is 27.3. The molecule has 2 amide bonds. The van der Waals surface area contributed by atoms with Crippen LogP contribution in [0.4, 0.5) is 11.4 Å². The number of amides is 2. The van der Waals surface area contributed by atoms with Crippen molar-refractivity contribution in [3.8, 4) is 35.2 Å². The molecule has 10 nitrogen and oxygen atoms in total. The standard InChI is InChI=1S/C68H70N2O8/c1-3-61(71)77-49-21-11-7-5-9-19-47-75-59-43-35-55(36-44-59)63-65(67(73)69-57-39-31-53(32-40-57)29-27-51-23-15-13-16-24-51)64(56-37-45-60(46-38-56)76-48-20-10-6-8-12-22-50-78-62(72)4-2)66(63)68(74)70-58-41-33-54(34-42-58)30-28-52-25-17-14-18-26-52/h3-4,13-18,23-26,31-46,63-66H,1-2,5-12,19-22,47-50H2,(H,69,73)(H,70,74). The van der Waals surface area contributed by atoms with Crippen molar-refractivity contribution >= 4 is 35.1 Å². The Morgan fingerprint density at radius 1 is 0.385 bits per heavy atom. The summed E-state index contributed by atoms with van der Waals surface area (Å²) in [7, 11) is 0. The maximum atomic E-state index is 14.9. The van der Waals surface area contributed by atoms with Crippen LogP contribution < -0.4 is 20.1 Å². The molecule has 0 radical (unpaired) electrons. The molecule has 0 saturated heterocycles. The van der Waals surface area contributed by atoms with Crippen LogP contribution in [0.3, 0.4) is 0 Å². The Bertz CT molecular complexity index is 2770. The number of ether oxygens (including phenoxy) is 4. The molecule has 0 atom stereocenters. The molecule has 1 saturated carbocycles. The van der Waals surface area contributed by atoms with Crippen molar-refractivity contribution in [3.63, 3.8) is 0 Å². The number of carbonyl (C=O) groups is 4. The molecule has 78 heavy (non-hydrogen) atoms. The predicted molar refractivity (Wildman–Crippen MR) is 309 cm³/mol. The van der Waals surface area contributed by atoms with Crippen LogP contribution in [0.5, 0.6) is 11.5 Å². The monoisotopic (exact) mass is 1040 g/mol. The Labute approximate surface area is 460 Å². The van der Waals surface area contributed by atoms with Gasteiger partial charge in [-0.15, -0.1) is 0 Å². The van der Waals surface area contributed by atoms with E-state index in [2.05, 4.69) is 47.5 Å². The van der Waals surface area contributed by atoms with Crippen LogP contribution in [0.15, 0.2) is 183 Å². The summed E-state index contributed by atoms with van der Waals surface area (Å²) in [5, 5.41) is 6.42. The predicted octanol–water partition coefficient (Wildman–Crippen LogP) is 13.8. The third-order valence-electron chi connectivity index (χ3n) is 13.7. The van der Waals surface area contributed by atoms with Gasteiger partial charge in [-0.2, -0.15) is 0 Å². The molecule has 0 spiro atoms. The molecule has 400 valence electrons. The van der Waals surface area contributed by atoms with E-state index in [4.69, 9.17) is 18.9 Å². The van der Waals surface area contributed by atoms with Gasteiger partial charge in [0.25, 0.3) is 0 Å². The highest BCUT2D eigenvalue weighted by Gasteiger charge is 2.58. The first-order chi connectivity index (χ1) is 38.3. The van der Waals surface area contributed by atoms with Crippen LogP contribution >= 0.6 is 0 Å². The zero-order chi connectivity index (χ0) is 54.6. The van der Waals surface area contributed by atoms with E-state index in [9.17, 15) is 19.2 Å². The number of carbonyl (C=O) groups excluding carboxylic acids is 4. The number of rotatable bonds is 28. The highest BCUT2D eigenvalue weighted by atomic mass is 16.5. The van der Waals surface area contributed by atoms with Crippen molar-refractivity contribution in [3.05, 3.63) is 216 Å². The average molecular weight is 1040 g/mol. The molecule has 10 heteroatoms. The van der Waals surface area contributed by atoms with Crippen LogP contribution in [0.25, 0.3) is 0 Å². The maximum absolute atomic E-state index is 14.9. The van der Waals surface area contributed by atoms with Gasteiger partial charge < -0.3 is 29.6 Å². The van der Waals surface area contributed by atoms with E-state index < -0.39 is 23.7 Å². The SMILES string of the molecule is C=CC(=O)OCCCCCCCCOc1ccc(C2C(C(=O)Nc3ccc(C#Cc4ccccc4)cc3)C(c3ccc(OCCCCCCCCOC(=O)C=C)cc3)C2C(=O)Nc2ccc(C#Cc3ccccc3)cc2)cc1. The fourth-order valence-electron chi connectivity index (χ4n) is 9.52. The van der Waals surface area contributed by atoms with Gasteiger partial charge >= 0.3 is 11.9 Å². The fraction of sp³-hybridized carbons (Fsp3) is 0.294. The minimum Gasteiger partial charge on any atom is -0.494 e. The van der Waals surface area contributed by atoms with Crippen molar-refractivity contribution in [2.75, 3.05) is 37.1 Å². The molecule has 0 unspecified atom stereocenters. The lowest BCUT2D eigenvalue weighted by Gasteiger charge is -2.50. The molecule has 6 aromatic rings. The number of esters is 2. The zero-order valence-electron chi connectivity index (χ0n) is 44.5. The van der Waals surface area contributed by atoms with Crippen LogP contribution in [0.2, 0.25) is 0 Å². The quantitative estimate of drug-likeness (QED) is 0.0215. The van der Waals surface area contributed by atoms with Crippen LogP contribution in [-0.4, -0.2) is 50.2 Å². The Kier molecular flexibility index (Phi) is 23.0. The summed E-state index contributed by atoms with van der Waals surface area (Å²) in [6.07, 6.45) is 14.0. The highest BCUT2D eigenvalue weighted by molar-refractivity contribution is 6.01. The summed E-state index contributed by atoms with van der Waals surface area (Å²) in [5.41, 5.74) is 6.42. The van der Waals surface area contributed by atoms with E-state index in [0.29, 0.717) is 49.3 Å². The summed E-state index contributed by atoms with van der Waals surface area (Å²) < 4.78 is 22.5. The number of hydrogen-bond donors (Lipinski definition) is 2. The minimum atomic E-state index is -0.629. The van der Waals surface area contributed by atoms with Gasteiger partial charge in [0.15, 0.2) is 0 Å². The molecule has 2 N–H and O–H groups in total. The second-order valence-electron chi connectivity index (χ2n) is 19.3. The molecule has 0 heterocycles. The minimum absolute atomic E-state index is 0.199. The second kappa shape index (κ2) is 31.4. The third-order valence-corrected chi connectivity index (χ3v) is 13.7. The number of anilines is 2. The van der Waals surface area contributed by atoms with Gasteiger partial charge in [0.1, 0.15) is 11.5 Å². The number of nitrogens with one attached hydrogen (secondary N) is 2. The summed E-state index contributed by atoms with van der Waals surface area (Å²) in [5.74, 6) is 10.8. The lowest BCUT2D eigenvalue weighted by Crippen LogP contribution is -2.53. The van der Waals surface area contributed by atoms with E-state index in [1.807, 2.05) is 158 Å². The van der Waals surface area contributed by atoms with E-state index in [1.165, 1.54) is 12.2 Å². The van der Waals surface area contributed by atoms with Crippen molar-refractivity contribution in [2.24, 2.45) is 11.8 Å². The van der Waals surface area contributed by atoms with Crippen molar-refractivity contribution in [2.45, 2.75) is 88.9 Å². The smallest absolute Gasteiger partial charge is 0.330 e. The van der Waals surface area contributed by atoms with Crippen LogP contribution in [0.1, 0.15) is 122 Å². The Hall–Kier alpha value is -8.60. The summed E-state index contributed by atoms with van der Waals surface area (Å²) >= 11 is 0. The second-order valence-corrected chi connectivity index (χ2v) is 19.3. The van der Waals surface area contributed by atoms with Crippen molar-refractivity contribution in [1.82, 2.24) is 0 Å². The van der Waals surface area contributed by atoms with E-state index in [-0.39, 0.29) is 23.8 Å². The molecular weight excluding hydrogens is 973 g/mol. The maximum Gasteiger partial charge on any atom is 0.330 e. The molecule has 1 fully saturated rings. The topological polar surface area (TPSA) is 129 Å². The van der Waals surface area contributed by atoms with E-state index in [0.717, 1.165) is 110 Å². The van der Waals surface area contributed by atoms with Crippen molar-refractivity contribution < 1.29 is 38.1 Å². The molecule has 6 aromatic carbocycles. The normalized spacial score (nSPS) is 15.1. The number of hydrogen-bond acceptors (Lipinski definition) is 8. The average Bonchev–Trinajstić information content (AvgIpc) is 3.64. The largest absolute Gasteiger partial charge is 0.494 e. The number of unbranched alkanes of at least 4 members (excludes halogenated alkanes) is 10. The van der Waals surface area contributed by atoms with Gasteiger partial charge in [-0.1, -0.05) is 149 Å². The van der Waals surface area contributed by atoms with E-state index in [1.54, 1.807) is 0 Å². The first kappa shape index (κ1) is 57.1. The molecular formula is C68H70N2O8. The Balaban J connectivity index is 1.07. The lowest BCUT2D eigenvalue weighted by molar-refractivity contribution is -0.138. The number of benzene rings is 6. The molecule has 0 bridgehead atoms. The molecule has 0 aliphatic heterocycles. The van der Waals surface area contributed by atoms with E-state index >= 15 is 0 Å². The molecule has 1 aliphatic carbocycles. The third kappa shape index (κ3) is 18.3. The summed E-state index contributed by atoms with van der Waals surface area (Å²) in [4.78, 5) is 52.4. The summed E-state index contributed by atoms with van der Waals surface area (Å²) in [6, 6.07) is 50.2. The lowest BCUT2D eigenvalue weighted by atomic mass is 9.52. The van der Waals surface area contributed by atoms with Crippen LogP contribution in [0, 0.1) is 35.5 Å². The highest BCUT2D eigenvalue weighted by Crippen LogP contribution is 2.58. The van der Waals surface area contributed by atoms with Gasteiger partial charge in [0, 0.05) is 57.6 Å². The molecule has 0 aromatic heterocycles. The van der Waals surface area contributed by atoms with Crippen molar-refractivity contribution in [1.29, 1.82) is 0 Å². The Morgan fingerprint density at radius 2 is 0.692 bits per heavy atom. The van der Waals surface area contributed by atoms with Gasteiger partial charge in [-0.05, 0) is 134 Å². The summed E-state index contributed by atoms with van der Waals surface area (Å²) in [6.45, 7) is 8.80. The van der Waals surface area contributed by atoms with Crippen LogP contribution in [-0.2, 0) is 28.7 Å². The fourth-order valence-corrected chi connectivity index (χ4v) is 9.52.